The molecule has 26 heavy (non-hydrogen) atoms. The Kier molecular flexibility index (Phi) is 4.17. The van der Waals surface area contributed by atoms with Crippen molar-refractivity contribution in [3.63, 3.8) is 0 Å². The van der Waals surface area contributed by atoms with E-state index in [2.05, 4.69) is 39.0 Å². The minimum absolute atomic E-state index is 0.197. The van der Waals surface area contributed by atoms with E-state index in [9.17, 15) is 0 Å². The molecule has 0 bridgehead atoms. The Hall–Kier alpha value is -1.92. The normalized spacial score (nSPS) is 24.8. The standard InChI is InChI=1S/C20H26N4O2/c1-2-25-19-9-15-5-3-4-14(15)8-16(19)11-23-7-6-18-20(12-23)26-13-17-10-21-22-24(17)18/h8-10,18,20H,2-7,11-13H2,1H3/t18-,20-/m0/s1. The predicted molar refractivity (Wildman–Crippen MR) is 97.2 cm³/mol. The van der Waals surface area contributed by atoms with E-state index in [-0.39, 0.29) is 6.10 Å². The van der Waals surface area contributed by atoms with Crippen LogP contribution in [-0.2, 0) is 30.7 Å². The van der Waals surface area contributed by atoms with Gasteiger partial charge in [-0.25, -0.2) is 4.68 Å². The summed E-state index contributed by atoms with van der Waals surface area (Å²) in [6, 6.07) is 4.99. The number of fused-ring (bicyclic) bond motifs is 4. The molecule has 6 nitrogen and oxygen atoms in total. The van der Waals surface area contributed by atoms with Crippen molar-refractivity contribution in [1.29, 1.82) is 0 Å². The molecule has 1 aliphatic carbocycles. The first kappa shape index (κ1) is 16.3. The van der Waals surface area contributed by atoms with Gasteiger partial charge >= 0.3 is 0 Å². The molecule has 6 heteroatoms. The molecule has 0 radical (unpaired) electrons. The van der Waals surface area contributed by atoms with Crippen LogP contribution in [0.15, 0.2) is 18.3 Å². The highest BCUT2D eigenvalue weighted by Gasteiger charge is 2.36. The Balaban J connectivity index is 1.34. The molecule has 0 spiro atoms. The van der Waals surface area contributed by atoms with Crippen molar-refractivity contribution < 1.29 is 9.47 Å². The van der Waals surface area contributed by atoms with Gasteiger partial charge in [-0.3, -0.25) is 4.90 Å². The van der Waals surface area contributed by atoms with Crippen LogP contribution in [0.4, 0.5) is 0 Å². The molecule has 2 atom stereocenters. The summed E-state index contributed by atoms with van der Waals surface area (Å²) in [6.45, 7) is 6.31. The summed E-state index contributed by atoms with van der Waals surface area (Å²) in [6.07, 6.45) is 6.74. The Labute approximate surface area is 154 Å². The van der Waals surface area contributed by atoms with Crippen molar-refractivity contribution in [2.75, 3.05) is 19.7 Å². The lowest BCUT2D eigenvalue weighted by molar-refractivity contribution is -0.0705. The number of rotatable bonds is 4. The molecule has 138 valence electrons. The Bertz CT molecular complexity index is 803. The van der Waals surface area contributed by atoms with Crippen molar-refractivity contribution in [2.45, 2.75) is 57.9 Å². The number of benzene rings is 1. The largest absolute Gasteiger partial charge is 0.494 e. The van der Waals surface area contributed by atoms with Gasteiger partial charge in [0.25, 0.3) is 0 Å². The molecule has 0 N–H and O–H groups in total. The lowest BCUT2D eigenvalue weighted by Gasteiger charge is -2.41. The van der Waals surface area contributed by atoms with Gasteiger partial charge in [0.2, 0.25) is 0 Å². The molecular formula is C20H26N4O2. The molecule has 3 aliphatic rings. The predicted octanol–water partition coefficient (Wildman–Crippen LogP) is 2.51. The van der Waals surface area contributed by atoms with Gasteiger partial charge in [-0.15, -0.1) is 5.10 Å². The van der Waals surface area contributed by atoms with Crippen LogP contribution in [0.25, 0.3) is 0 Å². The topological polar surface area (TPSA) is 52.4 Å². The van der Waals surface area contributed by atoms with E-state index in [1.165, 1.54) is 36.0 Å². The van der Waals surface area contributed by atoms with Crippen LogP contribution >= 0.6 is 0 Å². The third-order valence-corrected chi connectivity index (χ3v) is 5.99. The molecule has 0 saturated carbocycles. The molecular weight excluding hydrogens is 328 g/mol. The van der Waals surface area contributed by atoms with Crippen LogP contribution in [-0.4, -0.2) is 45.7 Å². The zero-order valence-corrected chi connectivity index (χ0v) is 15.4. The van der Waals surface area contributed by atoms with Crippen molar-refractivity contribution in [2.24, 2.45) is 0 Å². The molecule has 1 aromatic carbocycles. The van der Waals surface area contributed by atoms with E-state index in [0.717, 1.165) is 37.5 Å². The summed E-state index contributed by atoms with van der Waals surface area (Å²) < 4.78 is 14.2. The van der Waals surface area contributed by atoms with E-state index in [1.54, 1.807) is 0 Å². The molecule has 1 saturated heterocycles. The smallest absolute Gasteiger partial charge is 0.124 e. The second kappa shape index (κ2) is 6.67. The first-order chi connectivity index (χ1) is 12.8. The van der Waals surface area contributed by atoms with Crippen LogP contribution in [0, 0.1) is 0 Å². The summed E-state index contributed by atoms with van der Waals surface area (Å²) in [5, 5.41) is 8.33. The lowest BCUT2D eigenvalue weighted by Crippen LogP contribution is -2.48. The van der Waals surface area contributed by atoms with Crippen LogP contribution < -0.4 is 4.74 Å². The molecule has 2 aromatic rings. The molecule has 0 amide bonds. The van der Waals surface area contributed by atoms with Gasteiger partial charge in [0.05, 0.1) is 37.3 Å². The van der Waals surface area contributed by atoms with E-state index >= 15 is 0 Å². The monoisotopic (exact) mass is 354 g/mol. The average molecular weight is 354 g/mol. The minimum atomic E-state index is 0.197. The number of nitrogens with zero attached hydrogens (tertiary/aromatic N) is 4. The Morgan fingerprint density at radius 2 is 2.15 bits per heavy atom. The van der Waals surface area contributed by atoms with Gasteiger partial charge in [0.1, 0.15) is 5.75 Å². The van der Waals surface area contributed by atoms with Gasteiger partial charge in [-0.1, -0.05) is 11.3 Å². The summed E-state index contributed by atoms with van der Waals surface area (Å²) in [5.74, 6) is 1.07. The Morgan fingerprint density at radius 3 is 3.04 bits per heavy atom. The number of likely N-dealkylation sites (tertiary alicyclic amines) is 1. The number of hydrogen-bond acceptors (Lipinski definition) is 5. The van der Waals surface area contributed by atoms with Gasteiger partial charge in [-0.05, 0) is 49.8 Å². The SMILES string of the molecule is CCOc1cc2c(cc1CN1CC[C@H]3[C@H](C1)OCc1cnnn13)CCC2. The van der Waals surface area contributed by atoms with Gasteiger partial charge in [0, 0.05) is 25.2 Å². The molecule has 1 fully saturated rings. The third kappa shape index (κ3) is 2.81. The maximum Gasteiger partial charge on any atom is 0.124 e. The maximum absolute atomic E-state index is 6.11. The van der Waals surface area contributed by atoms with E-state index in [1.807, 2.05) is 6.20 Å². The number of piperidine rings is 1. The zero-order chi connectivity index (χ0) is 17.5. The quantitative estimate of drug-likeness (QED) is 0.844. The molecule has 0 unspecified atom stereocenters. The van der Waals surface area contributed by atoms with Crippen LogP contribution in [0.5, 0.6) is 5.75 Å². The fourth-order valence-corrected chi connectivity index (χ4v) is 4.70. The average Bonchev–Trinajstić information content (AvgIpc) is 3.30. The summed E-state index contributed by atoms with van der Waals surface area (Å²) in [7, 11) is 0. The summed E-state index contributed by atoms with van der Waals surface area (Å²) >= 11 is 0. The van der Waals surface area contributed by atoms with Crippen molar-refractivity contribution >= 4 is 0 Å². The van der Waals surface area contributed by atoms with Crippen LogP contribution in [0.3, 0.4) is 0 Å². The molecule has 1 aromatic heterocycles. The minimum Gasteiger partial charge on any atom is -0.494 e. The van der Waals surface area contributed by atoms with Crippen molar-refractivity contribution in [1.82, 2.24) is 19.9 Å². The first-order valence-electron chi connectivity index (χ1n) is 9.82. The first-order valence-corrected chi connectivity index (χ1v) is 9.82. The second-order valence-electron chi connectivity index (χ2n) is 7.63. The zero-order valence-electron chi connectivity index (χ0n) is 15.4. The third-order valence-electron chi connectivity index (χ3n) is 5.99. The second-order valence-corrected chi connectivity index (χ2v) is 7.63. The number of hydrogen-bond donors (Lipinski definition) is 0. The van der Waals surface area contributed by atoms with Gasteiger partial charge in [-0.2, -0.15) is 0 Å². The highest BCUT2D eigenvalue weighted by molar-refractivity contribution is 5.45. The van der Waals surface area contributed by atoms with Crippen molar-refractivity contribution in [3.05, 3.63) is 40.7 Å². The fraction of sp³-hybridized carbons (Fsp3) is 0.600. The number of aromatic nitrogens is 3. The summed E-state index contributed by atoms with van der Waals surface area (Å²) in [4.78, 5) is 2.50. The van der Waals surface area contributed by atoms with Gasteiger partial charge in [0.15, 0.2) is 0 Å². The molecule has 2 aliphatic heterocycles. The summed E-state index contributed by atoms with van der Waals surface area (Å²) in [5.41, 5.74) is 5.41. The number of aryl methyl sites for hydroxylation is 2. The van der Waals surface area contributed by atoms with E-state index in [0.29, 0.717) is 19.3 Å². The lowest BCUT2D eigenvalue weighted by atomic mass is 9.98. The van der Waals surface area contributed by atoms with E-state index in [4.69, 9.17) is 9.47 Å². The molecule has 5 rings (SSSR count). The van der Waals surface area contributed by atoms with Crippen molar-refractivity contribution in [3.8, 4) is 5.75 Å². The highest BCUT2D eigenvalue weighted by atomic mass is 16.5. The maximum atomic E-state index is 6.11. The van der Waals surface area contributed by atoms with Crippen LogP contribution in [0.1, 0.15) is 48.2 Å². The number of ether oxygens (including phenoxy) is 2. The van der Waals surface area contributed by atoms with E-state index < -0.39 is 0 Å². The van der Waals surface area contributed by atoms with Gasteiger partial charge < -0.3 is 9.47 Å². The highest BCUT2D eigenvalue weighted by Crippen LogP contribution is 2.34. The Morgan fingerprint density at radius 1 is 1.27 bits per heavy atom. The fourth-order valence-electron chi connectivity index (χ4n) is 4.70. The van der Waals surface area contributed by atoms with Crippen LogP contribution in [0.2, 0.25) is 0 Å². The molecule has 3 heterocycles.